The number of alkyl carbamates (subject to hydrolysis) is 1. The molecule has 3 saturated carbocycles. The van der Waals surface area contributed by atoms with Crippen LogP contribution in [0.25, 0.3) is 0 Å². The number of halogens is 1. The van der Waals surface area contributed by atoms with E-state index in [1.54, 1.807) is 6.92 Å². The van der Waals surface area contributed by atoms with Crippen LogP contribution >= 0.6 is 0 Å². The second-order valence-electron chi connectivity index (χ2n) is 12.8. The fraction of sp³-hybridized carbons (Fsp3) is 0.548. The number of esters is 1. The average Bonchev–Trinajstić information content (AvgIpc) is 3.20. The highest BCUT2D eigenvalue weighted by Gasteiger charge is 2.76. The Morgan fingerprint density at radius 3 is 2.63 bits per heavy atom. The van der Waals surface area contributed by atoms with Crippen molar-refractivity contribution in [3.63, 3.8) is 0 Å². The van der Waals surface area contributed by atoms with Crippen molar-refractivity contribution in [1.82, 2.24) is 5.32 Å². The maximum Gasteiger partial charge on any atom is 0.408 e. The normalized spacial score (nSPS) is 36.0. The van der Waals surface area contributed by atoms with Gasteiger partial charge in [0.15, 0.2) is 23.7 Å². The first-order valence-corrected chi connectivity index (χ1v) is 14.8. The van der Waals surface area contributed by atoms with Gasteiger partial charge >= 0.3 is 12.1 Å². The number of alkyl halides is 1. The van der Waals surface area contributed by atoms with Crippen LogP contribution in [0.4, 0.5) is 9.18 Å². The summed E-state index contributed by atoms with van der Waals surface area (Å²) in [4.78, 5) is 64.6. The molecule has 1 aromatic rings. The molecule has 0 spiro atoms. The van der Waals surface area contributed by atoms with Gasteiger partial charge in [-0.15, -0.1) is 10.1 Å². The number of amides is 1. The molecular formula is C31H35FN2O12. The van der Waals surface area contributed by atoms with Gasteiger partial charge in [-0.3, -0.25) is 9.59 Å². The number of aliphatic hydroxyl groups excluding tert-OH is 2. The molecule has 0 aromatic heterocycles. The van der Waals surface area contributed by atoms with E-state index >= 15 is 4.39 Å². The minimum absolute atomic E-state index is 0.0270. The lowest BCUT2D eigenvalue weighted by molar-refractivity contribution is -0.763. The molecule has 46 heavy (non-hydrogen) atoms. The zero-order valence-electron chi connectivity index (χ0n) is 25.1. The van der Waals surface area contributed by atoms with Crippen LogP contribution in [0.2, 0.25) is 0 Å². The standard InChI is InChI=1S/C31H35FN2O12/c1-28-9-8-19(35)11-18(28)6-7-21-22-12-23(36)31(41,29(22,2)13-24(37)30(21,28)32)25(38)16-44-27(40)33-14-26(39)46-20-5-3-4-17(10-20)15-45-34(42)43/h3-5,8-11,21-24,36-37,41H,6-7,12-16H2,1-2H3,(H,33,40)/t21?,22?,23-,24+,28+,29+,30+,31+/m1/s1. The van der Waals surface area contributed by atoms with Crippen molar-refractivity contribution in [2.24, 2.45) is 22.7 Å². The van der Waals surface area contributed by atoms with Crippen LogP contribution in [0, 0.1) is 32.8 Å². The van der Waals surface area contributed by atoms with E-state index in [4.69, 9.17) is 9.47 Å². The summed E-state index contributed by atoms with van der Waals surface area (Å²) in [6.07, 6.45) is -0.328. The van der Waals surface area contributed by atoms with Crippen LogP contribution in [-0.4, -0.2) is 80.7 Å². The average molecular weight is 647 g/mol. The number of carbonyl (C=O) groups excluding carboxylic acids is 4. The molecule has 5 rings (SSSR count). The number of ketones is 2. The monoisotopic (exact) mass is 646 g/mol. The summed E-state index contributed by atoms with van der Waals surface area (Å²) in [6.45, 7) is 1.08. The number of nitrogens with zero attached hydrogens (tertiary/aromatic N) is 1. The molecule has 0 aliphatic heterocycles. The summed E-state index contributed by atoms with van der Waals surface area (Å²) < 4.78 is 27.2. The number of nitrogens with one attached hydrogen (secondary N) is 1. The van der Waals surface area contributed by atoms with Gasteiger partial charge in [0, 0.05) is 16.7 Å². The van der Waals surface area contributed by atoms with E-state index in [0.717, 1.165) is 0 Å². The first kappa shape index (κ1) is 33.2. The highest BCUT2D eigenvalue weighted by molar-refractivity contribution is 6.01. The largest absolute Gasteiger partial charge is 0.441 e. The van der Waals surface area contributed by atoms with Crippen LogP contribution in [0.1, 0.15) is 45.1 Å². The predicted molar refractivity (Wildman–Crippen MR) is 153 cm³/mol. The third-order valence-corrected chi connectivity index (χ3v) is 10.5. The van der Waals surface area contributed by atoms with Crippen LogP contribution in [-0.2, 0) is 30.6 Å². The van der Waals surface area contributed by atoms with Gasteiger partial charge in [-0.25, -0.2) is 14.0 Å². The molecule has 1 aromatic carbocycles. The number of aliphatic hydroxyl groups is 3. The topological polar surface area (TPSA) is 212 Å². The first-order chi connectivity index (χ1) is 21.6. The van der Waals surface area contributed by atoms with E-state index < -0.39 is 82.2 Å². The van der Waals surface area contributed by atoms with Gasteiger partial charge in [0.05, 0.1) is 12.2 Å². The van der Waals surface area contributed by atoms with Crippen molar-refractivity contribution in [3.8, 4) is 5.75 Å². The number of hydrogen-bond donors (Lipinski definition) is 4. The van der Waals surface area contributed by atoms with E-state index in [1.807, 2.05) is 0 Å². The van der Waals surface area contributed by atoms with Crippen molar-refractivity contribution in [2.45, 2.75) is 69.6 Å². The summed E-state index contributed by atoms with van der Waals surface area (Å²) in [5.41, 5.74) is -6.60. The van der Waals surface area contributed by atoms with Crippen molar-refractivity contribution in [2.75, 3.05) is 13.2 Å². The molecule has 14 nitrogen and oxygen atoms in total. The number of carbonyl (C=O) groups is 4. The van der Waals surface area contributed by atoms with Gasteiger partial charge in [-0.05, 0) is 68.4 Å². The number of Topliss-reactive ketones (excluding diaryl/α,β-unsaturated/α-hetero) is 1. The SMILES string of the molecule is C[C@]12C=CC(=O)C=C1CCC1C3C[C@@H](O)[C@](O)(C(=O)COC(=O)NCC(=O)Oc4cccc(CO[N+](=O)[O-])c4)[C@@]3(C)C[C@H](O)[C@@]12F. The Kier molecular flexibility index (Phi) is 8.55. The highest BCUT2D eigenvalue weighted by atomic mass is 19.1. The van der Waals surface area contributed by atoms with Crippen molar-refractivity contribution < 1.29 is 58.3 Å². The van der Waals surface area contributed by atoms with Crippen molar-refractivity contribution >= 4 is 23.6 Å². The Labute approximate surface area is 262 Å². The van der Waals surface area contributed by atoms with Gasteiger partial charge < -0.3 is 34.9 Å². The van der Waals surface area contributed by atoms with Crippen LogP contribution < -0.4 is 10.1 Å². The summed E-state index contributed by atoms with van der Waals surface area (Å²) >= 11 is 0. The van der Waals surface area contributed by atoms with Crippen LogP contribution in [0.3, 0.4) is 0 Å². The quantitative estimate of drug-likeness (QED) is 0.131. The van der Waals surface area contributed by atoms with E-state index in [9.17, 15) is 44.6 Å². The minimum atomic E-state index is -2.49. The predicted octanol–water partition coefficient (Wildman–Crippen LogP) is 1.67. The second-order valence-corrected chi connectivity index (χ2v) is 12.8. The lowest BCUT2D eigenvalue weighted by Crippen LogP contribution is -2.69. The van der Waals surface area contributed by atoms with Crippen molar-refractivity contribution in [1.29, 1.82) is 0 Å². The minimum Gasteiger partial charge on any atom is -0.441 e. The fourth-order valence-corrected chi connectivity index (χ4v) is 8.16. The Balaban J connectivity index is 1.21. The van der Waals surface area contributed by atoms with E-state index in [0.29, 0.717) is 17.6 Å². The maximum absolute atomic E-state index is 17.2. The second kappa shape index (κ2) is 11.9. The molecule has 0 saturated heterocycles. The lowest BCUT2D eigenvalue weighted by Gasteiger charge is -2.62. The zero-order chi connectivity index (χ0) is 33.7. The molecule has 1 amide bonds. The summed E-state index contributed by atoms with van der Waals surface area (Å²) in [5.74, 6) is -3.83. The zero-order valence-corrected chi connectivity index (χ0v) is 25.1. The number of allylic oxidation sites excluding steroid dienone is 4. The van der Waals surface area contributed by atoms with E-state index in [2.05, 4.69) is 10.2 Å². The number of benzene rings is 1. The Morgan fingerprint density at radius 2 is 1.91 bits per heavy atom. The molecular weight excluding hydrogens is 611 g/mol. The molecule has 0 bridgehead atoms. The fourth-order valence-electron chi connectivity index (χ4n) is 8.16. The van der Waals surface area contributed by atoms with E-state index in [-0.39, 0.29) is 37.4 Å². The van der Waals surface area contributed by atoms with Gasteiger partial charge in [0.1, 0.15) is 18.9 Å². The molecule has 4 aliphatic rings. The van der Waals surface area contributed by atoms with E-state index in [1.165, 1.54) is 49.4 Å². The van der Waals surface area contributed by atoms with Gasteiger partial charge in [0.25, 0.3) is 5.09 Å². The third-order valence-electron chi connectivity index (χ3n) is 10.5. The molecule has 8 atom stereocenters. The third kappa shape index (κ3) is 5.25. The van der Waals surface area contributed by atoms with Crippen LogP contribution in [0.5, 0.6) is 5.75 Å². The Hall–Kier alpha value is -4.21. The number of hydrogen-bond acceptors (Lipinski definition) is 12. The molecule has 4 N–H and O–H groups in total. The summed E-state index contributed by atoms with van der Waals surface area (Å²) in [5, 5.41) is 45.7. The molecule has 248 valence electrons. The molecule has 15 heteroatoms. The molecule has 0 heterocycles. The summed E-state index contributed by atoms with van der Waals surface area (Å²) in [6, 6.07) is 5.70. The molecule has 4 aliphatic carbocycles. The first-order valence-electron chi connectivity index (χ1n) is 14.8. The lowest BCUT2D eigenvalue weighted by atomic mass is 9.44. The molecule has 2 unspecified atom stereocenters. The van der Waals surface area contributed by atoms with Gasteiger partial charge in [-0.1, -0.05) is 30.7 Å². The maximum atomic E-state index is 17.2. The number of rotatable bonds is 9. The van der Waals surface area contributed by atoms with Crippen LogP contribution in [0.15, 0.2) is 48.1 Å². The molecule has 0 radical (unpaired) electrons. The Morgan fingerprint density at radius 1 is 1.17 bits per heavy atom. The molecule has 3 fully saturated rings. The van der Waals surface area contributed by atoms with Crippen molar-refractivity contribution in [3.05, 3.63) is 63.7 Å². The Bertz CT molecular complexity index is 1530. The number of ether oxygens (including phenoxy) is 2. The number of fused-ring (bicyclic) bond motifs is 5. The smallest absolute Gasteiger partial charge is 0.408 e. The van der Waals surface area contributed by atoms with Gasteiger partial charge in [-0.2, -0.15) is 0 Å². The highest BCUT2D eigenvalue weighted by Crippen LogP contribution is 2.69. The van der Waals surface area contributed by atoms with Gasteiger partial charge in [0.2, 0.25) is 5.78 Å². The summed E-state index contributed by atoms with van der Waals surface area (Å²) in [7, 11) is 0.